The Morgan fingerprint density at radius 2 is 2.16 bits per heavy atom. The van der Waals surface area contributed by atoms with Crippen molar-refractivity contribution in [2.45, 2.75) is 37.4 Å². The monoisotopic (exact) mass is 461 g/mol. The Morgan fingerprint density at radius 3 is 2.88 bits per heavy atom. The van der Waals surface area contributed by atoms with Crippen molar-refractivity contribution in [1.82, 2.24) is 19.7 Å². The van der Waals surface area contributed by atoms with Crippen LogP contribution in [0.4, 0.5) is 15.9 Å². The molecule has 0 saturated carbocycles. The van der Waals surface area contributed by atoms with Gasteiger partial charge in [-0.3, -0.25) is 4.68 Å². The zero-order valence-corrected chi connectivity index (χ0v) is 19.1. The molecular formula is C21H28FN7O2S. The molecule has 0 aromatic carbocycles. The smallest absolute Gasteiger partial charge is 0.169 e. The fourth-order valence-corrected chi connectivity index (χ4v) is 4.47. The van der Waals surface area contributed by atoms with Crippen LogP contribution in [0.3, 0.4) is 0 Å². The Morgan fingerprint density at radius 1 is 1.34 bits per heavy atom. The van der Waals surface area contributed by atoms with Gasteiger partial charge in [0.1, 0.15) is 28.8 Å². The summed E-state index contributed by atoms with van der Waals surface area (Å²) in [5.41, 5.74) is 8.58. The molecule has 4 atom stereocenters. The zero-order chi connectivity index (χ0) is 22.8. The average Bonchev–Trinajstić information content (AvgIpc) is 3.37. The molecule has 1 unspecified atom stereocenters. The summed E-state index contributed by atoms with van der Waals surface area (Å²) in [5.74, 6) is 0.858. The summed E-state index contributed by atoms with van der Waals surface area (Å²) >= 11 is 1.43. The number of ether oxygens (including phenoxy) is 1. The lowest BCUT2D eigenvalue weighted by molar-refractivity contribution is 0.0246. The van der Waals surface area contributed by atoms with E-state index in [-0.39, 0.29) is 12.7 Å². The summed E-state index contributed by atoms with van der Waals surface area (Å²) in [4.78, 5) is 10.9. The minimum absolute atomic E-state index is 0.0604. The SMILES string of the molecule is CN(C)c1ccc(-c2nc(C(O)Nc3cnn(C)c3[C@@H]3CC[C@@H](N)[C@H](F)CO3)cs2)cn1. The van der Waals surface area contributed by atoms with Crippen molar-refractivity contribution in [2.75, 3.05) is 30.9 Å². The van der Waals surface area contributed by atoms with Crippen molar-refractivity contribution < 1.29 is 14.2 Å². The molecule has 4 heterocycles. The topological polar surface area (TPSA) is 114 Å². The van der Waals surface area contributed by atoms with Crippen LogP contribution in [0.15, 0.2) is 29.9 Å². The van der Waals surface area contributed by atoms with E-state index in [1.807, 2.05) is 31.1 Å². The number of aryl methyl sites for hydroxylation is 1. The molecule has 0 radical (unpaired) electrons. The lowest BCUT2D eigenvalue weighted by atomic mass is 10.0. The van der Waals surface area contributed by atoms with Gasteiger partial charge in [-0.2, -0.15) is 5.10 Å². The molecule has 0 bridgehead atoms. The first-order valence-electron chi connectivity index (χ1n) is 10.4. The van der Waals surface area contributed by atoms with Crippen LogP contribution in [0.1, 0.15) is 36.6 Å². The van der Waals surface area contributed by atoms with Gasteiger partial charge in [0.2, 0.25) is 0 Å². The second-order valence-electron chi connectivity index (χ2n) is 8.07. The number of hydrogen-bond donors (Lipinski definition) is 3. The Bertz CT molecular complexity index is 1030. The molecule has 0 aliphatic carbocycles. The van der Waals surface area contributed by atoms with E-state index in [1.165, 1.54) is 11.3 Å². The number of aliphatic hydroxyl groups is 1. The van der Waals surface area contributed by atoms with Gasteiger partial charge in [0.05, 0.1) is 24.2 Å². The molecule has 3 aromatic heterocycles. The number of aromatic nitrogens is 4. The Balaban J connectivity index is 1.49. The molecule has 32 heavy (non-hydrogen) atoms. The van der Waals surface area contributed by atoms with E-state index in [2.05, 4.69) is 20.4 Å². The van der Waals surface area contributed by atoms with E-state index < -0.39 is 18.4 Å². The molecule has 0 spiro atoms. The molecule has 1 fully saturated rings. The normalized spacial score (nSPS) is 22.4. The molecule has 0 amide bonds. The molecule has 9 nitrogen and oxygen atoms in total. The van der Waals surface area contributed by atoms with E-state index >= 15 is 0 Å². The number of pyridine rings is 1. The summed E-state index contributed by atoms with van der Waals surface area (Å²) in [6.07, 6.45) is 1.87. The highest BCUT2D eigenvalue weighted by Crippen LogP contribution is 2.34. The molecule has 11 heteroatoms. The molecular weight excluding hydrogens is 433 g/mol. The predicted octanol–water partition coefficient (Wildman–Crippen LogP) is 2.62. The van der Waals surface area contributed by atoms with Crippen molar-refractivity contribution in [3.8, 4) is 10.6 Å². The third-order valence-electron chi connectivity index (χ3n) is 5.52. The van der Waals surface area contributed by atoms with Crippen LogP contribution >= 0.6 is 11.3 Å². The molecule has 1 aliphatic rings. The van der Waals surface area contributed by atoms with E-state index in [9.17, 15) is 9.50 Å². The number of rotatable bonds is 6. The highest BCUT2D eigenvalue weighted by atomic mass is 32.1. The molecule has 172 valence electrons. The maximum atomic E-state index is 13.9. The maximum Gasteiger partial charge on any atom is 0.169 e. The average molecular weight is 462 g/mol. The van der Waals surface area contributed by atoms with Crippen LogP contribution in [-0.4, -0.2) is 57.8 Å². The van der Waals surface area contributed by atoms with Gasteiger partial charge in [-0.1, -0.05) is 0 Å². The predicted molar refractivity (Wildman–Crippen MR) is 122 cm³/mol. The number of nitrogens with one attached hydrogen (secondary N) is 1. The third kappa shape index (κ3) is 4.75. The fraction of sp³-hybridized carbons (Fsp3) is 0.476. The van der Waals surface area contributed by atoms with Crippen molar-refractivity contribution in [3.05, 3.63) is 41.3 Å². The number of alkyl halides is 1. The molecule has 4 rings (SSSR count). The van der Waals surface area contributed by atoms with Crippen molar-refractivity contribution in [3.63, 3.8) is 0 Å². The second kappa shape index (κ2) is 9.49. The third-order valence-corrected chi connectivity index (χ3v) is 6.43. The van der Waals surface area contributed by atoms with Gasteiger partial charge in [-0.15, -0.1) is 11.3 Å². The molecule has 3 aromatic rings. The number of anilines is 2. The Hall–Kier alpha value is -2.60. The minimum Gasteiger partial charge on any atom is -0.369 e. The van der Waals surface area contributed by atoms with Crippen LogP contribution in [0.2, 0.25) is 0 Å². The van der Waals surface area contributed by atoms with Gasteiger partial charge in [0.25, 0.3) is 0 Å². The Labute approximate surface area is 190 Å². The number of nitrogens with zero attached hydrogens (tertiary/aromatic N) is 5. The lowest BCUT2D eigenvalue weighted by Gasteiger charge is -2.19. The summed E-state index contributed by atoms with van der Waals surface area (Å²) < 4.78 is 21.4. The summed E-state index contributed by atoms with van der Waals surface area (Å²) in [6.45, 7) is -0.0604. The lowest BCUT2D eigenvalue weighted by Crippen LogP contribution is -2.32. The van der Waals surface area contributed by atoms with E-state index in [4.69, 9.17) is 10.5 Å². The number of aliphatic hydroxyl groups excluding tert-OH is 1. The van der Waals surface area contributed by atoms with Crippen LogP contribution in [0.25, 0.3) is 10.6 Å². The van der Waals surface area contributed by atoms with E-state index in [0.717, 1.165) is 22.1 Å². The van der Waals surface area contributed by atoms with E-state index in [1.54, 1.807) is 29.5 Å². The quantitative estimate of drug-likeness (QED) is 0.480. The van der Waals surface area contributed by atoms with Crippen molar-refractivity contribution in [1.29, 1.82) is 0 Å². The van der Waals surface area contributed by atoms with E-state index in [0.29, 0.717) is 24.2 Å². The number of halogens is 1. The maximum absolute atomic E-state index is 13.9. The van der Waals surface area contributed by atoms with Gasteiger partial charge in [0.15, 0.2) is 6.23 Å². The van der Waals surface area contributed by atoms with Gasteiger partial charge in [-0.05, 0) is 25.0 Å². The number of thiazole rings is 1. The zero-order valence-electron chi connectivity index (χ0n) is 18.3. The molecule has 1 saturated heterocycles. The summed E-state index contributed by atoms with van der Waals surface area (Å²) in [5, 5.41) is 20.7. The van der Waals surface area contributed by atoms with Crippen LogP contribution in [-0.2, 0) is 11.8 Å². The minimum atomic E-state index is -1.19. The molecule has 1 aliphatic heterocycles. The first kappa shape index (κ1) is 22.6. The largest absolute Gasteiger partial charge is 0.369 e. The highest BCUT2D eigenvalue weighted by Gasteiger charge is 2.30. The van der Waals surface area contributed by atoms with Gasteiger partial charge in [0, 0.05) is 44.3 Å². The van der Waals surface area contributed by atoms with Crippen LogP contribution < -0.4 is 16.0 Å². The molecule has 4 N–H and O–H groups in total. The highest BCUT2D eigenvalue weighted by molar-refractivity contribution is 7.13. The fourth-order valence-electron chi connectivity index (χ4n) is 3.64. The first-order chi connectivity index (χ1) is 15.3. The van der Waals surface area contributed by atoms with Crippen molar-refractivity contribution >= 4 is 22.8 Å². The Kier molecular flexibility index (Phi) is 6.70. The standard InChI is InChI=1S/C21H28FN7O2S/c1-28(2)18-7-4-12(8-24-18)21-27-16(11-32-21)20(30)26-15-9-25-29(3)19(15)17-6-5-14(23)13(22)10-31-17/h4,7-9,11,13-14,17,20,26,30H,5-6,10,23H2,1-3H3/t13-,14-,17+,20?/m1/s1. The van der Waals surface area contributed by atoms with Crippen LogP contribution in [0.5, 0.6) is 0 Å². The van der Waals surface area contributed by atoms with Gasteiger partial charge < -0.3 is 25.8 Å². The van der Waals surface area contributed by atoms with Crippen LogP contribution in [0, 0.1) is 0 Å². The van der Waals surface area contributed by atoms with Gasteiger partial charge >= 0.3 is 0 Å². The summed E-state index contributed by atoms with van der Waals surface area (Å²) in [6, 6.07) is 3.34. The summed E-state index contributed by atoms with van der Waals surface area (Å²) in [7, 11) is 5.66. The van der Waals surface area contributed by atoms with Crippen molar-refractivity contribution in [2.24, 2.45) is 12.8 Å². The van der Waals surface area contributed by atoms with Gasteiger partial charge in [-0.25, -0.2) is 14.4 Å². The second-order valence-corrected chi connectivity index (χ2v) is 8.93. The number of nitrogens with two attached hydrogens (primary N) is 1. The first-order valence-corrected chi connectivity index (χ1v) is 11.3. The number of hydrogen-bond acceptors (Lipinski definition) is 9.